The van der Waals surface area contributed by atoms with Crippen LogP contribution in [-0.2, 0) is 37.4 Å². The van der Waals surface area contributed by atoms with Crippen LogP contribution in [0.3, 0.4) is 0 Å². The van der Waals surface area contributed by atoms with E-state index in [-0.39, 0.29) is 29.7 Å². The summed E-state index contributed by atoms with van der Waals surface area (Å²) in [4.78, 5) is 41.0. The molecule has 2 saturated heterocycles. The number of benzene rings is 3. The summed E-state index contributed by atoms with van der Waals surface area (Å²) in [5.74, 6) is -1.87. The average molecular weight is 633 g/mol. The molecule has 3 N–H and O–H groups in total. The lowest BCUT2D eigenvalue weighted by Gasteiger charge is -2.30. The first-order valence-electron chi connectivity index (χ1n) is 15.4. The van der Waals surface area contributed by atoms with Crippen molar-refractivity contribution >= 4 is 33.5 Å². The van der Waals surface area contributed by atoms with Crippen LogP contribution in [0.25, 0.3) is 0 Å². The fourth-order valence-corrected chi connectivity index (χ4v) is 7.66. The number of amides is 2. The number of carbonyl (C=O) groups is 3. The van der Waals surface area contributed by atoms with Gasteiger partial charge >= 0.3 is 5.97 Å². The van der Waals surface area contributed by atoms with Gasteiger partial charge in [0.15, 0.2) is 0 Å². The van der Waals surface area contributed by atoms with Crippen LogP contribution in [0.2, 0.25) is 0 Å². The Kier molecular flexibility index (Phi) is 10.3. The van der Waals surface area contributed by atoms with Gasteiger partial charge in [0.25, 0.3) is 0 Å². The number of rotatable bonds is 11. The van der Waals surface area contributed by atoms with Crippen molar-refractivity contribution in [3.63, 3.8) is 0 Å². The van der Waals surface area contributed by atoms with Crippen LogP contribution in [0.5, 0.6) is 0 Å². The average Bonchev–Trinajstić information content (AvgIpc) is 3.56. The van der Waals surface area contributed by atoms with Crippen molar-refractivity contribution in [2.45, 2.75) is 62.6 Å². The molecule has 0 saturated carbocycles. The number of aliphatic carboxylic acids is 1. The summed E-state index contributed by atoms with van der Waals surface area (Å²) in [5.41, 5.74) is 3.29. The van der Waals surface area contributed by atoms with Crippen LogP contribution < -0.4 is 15.5 Å². The van der Waals surface area contributed by atoms with Crippen molar-refractivity contribution in [2.75, 3.05) is 24.5 Å². The van der Waals surface area contributed by atoms with E-state index < -0.39 is 34.0 Å². The largest absolute Gasteiger partial charge is 0.480 e. The lowest BCUT2D eigenvalue weighted by molar-refractivity contribution is -0.142. The molecule has 3 aromatic carbocycles. The van der Waals surface area contributed by atoms with Crippen molar-refractivity contribution < 1.29 is 27.9 Å². The second kappa shape index (κ2) is 14.4. The molecule has 2 atom stereocenters. The van der Waals surface area contributed by atoms with Gasteiger partial charge in [-0.1, -0.05) is 60.2 Å². The van der Waals surface area contributed by atoms with E-state index in [9.17, 15) is 27.9 Å². The minimum absolute atomic E-state index is 0.000286. The van der Waals surface area contributed by atoms with Crippen molar-refractivity contribution in [3.05, 3.63) is 95.6 Å². The van der Waals surface area contributed by atoms with Gasteiger partial charge in [-0.25, -0.2) is 13.2 Å². The monoisotopic (exact) mass is 632 g/mol. The SMILES string of the molecule is Cc1ccc(S(=O)(=O)N2CCC[C@H]2C(=O)N[C@@H](Cc2ccc(N(Cc3ccccc3)C(=O)C3CCNCC3)cc2)C(=O)O)cc1. The second-order valence-corrected chi connectivity index (χ2v) is 13.7. The first-order valence-corrected chi connectivity index (χ1v) is 16.8. The van der Waals surface area contributed by atoms with Crippen LogP contribution in [0, 0.1) is 12.8 Å². The number of aryl methyl sites for hydroxylation is 1. The van der Waals surface area contributed by atoms with Crippen molar-refractivity contribution in [2.24, 2.45) is 5.92 Å². The predicted molar refractivity (Wildman–Crippen MR) is 171 cm³/mol. The van der Waals surface area contributed by atoms with Gasteiger partial charge in [0, 0.05) is 24.6 Å². The molecule has 0 unspecified atom stereocenters. The third kappa shape index (κ3) is 7.78. The van der Waals surface area contributed by atoms with Gasteiger partial charge in [-0.3, -0.25) is 9.59 Å². The molecule has 0 spiro atoms. The first-order chi connectivity index (χ1) is 21.6. The predicted octanol–water partition coefficient (Wildman–Crippen LogP) is 3.49. The molecule has 2 amide bonds. The van der Waals surface area contributed by atoms with Crippen molar-refractivity contribution in [1.29, 1.82) is 0 Å². The van der Waals surface area contributed by atoms with E-state index in [0.29, 0.717) is 30.6 Å². The molecule has 0 aliphatic carbocycles. The number of hydrogen-bond acceptors (Lipinski definition) is 6. The Bertz CT molecular complexity index is 1590. The third-order valence-corrected chi connectivity index (χ3v) is 10.5. The Morgan fingerprint density at radius 1 is 0.933 bits per heavy atom. The molecule has 3 aromatic rings. The lowest BCUT2D eigenvalue weighted by Crippen LogP contribution is -2.51. The highest BCUT2D eigenvalue weighted by Crippen LogP contribution is 2.27. The number of sulfonamides is 1. The van der Waals surface area contributed by atoms with Gasteiger partial charge in [0.1, 0.15) is 12.1 Å². The number of anilines is 1. The number of nitrogens with zero attached hydrogens (tertiary/aromatic N) is 2. The zero-order valence-corrected chi connectivity index (χ0v) is 26.2. The van der Waals surface area contributed by atoms with Gasteiger partial charge in [-0.15, -0.1) is 0 Å². The Labute approximate surface area is 264 Å². The molecule has 2 aliphatic heterocycles. The van der Waals surface area contributed by atoms with Crippen LogP contribution in [0.1, 0.15) is 42.4 Å². The zero-order chi connectivity index (χ0) is 32.0. The number of carboxylic acid groups (broad SMARTS) is 1. The molecule has 0 aromatic heterocycles. The highest BCUT2D eigenvalue weighted by molar-refractivity contribution is 7.89. The van der Waals surface area contributed by atoms with E-state index in [4.69, 9.17) is 0 Å². The van der Waals surface area contributed by atoms with E-state index in [2.05, 4.69) is 10.6 Å². The molecule has 2 aliphatic rings. The van der Waals surface area contributed by atoms with E-state index in [0.717, 1.165) is 37.1 Å². The smallest absolute Gasteiger partial charge is 0.326 e. The molecule has 45 heavy (non-hydrogen) atoms. The Morgan fingerprint density at radius 2 is 1.60 bits per heavy atom. The minimum atomic E-state index is -3.93. The second-order valence-electron chi connectivity index (χ2n) is 11.8. The standard InChI is InChI=1S/C34H40N4O6S/c1-24-9-15-29(16-10-24)45(43,44)38-21-5-8-31(38)32(39)36-30(34(41)42)22-25-11-13-28(14-12-25)37(23-26-6-3-2-4-7-26)33(40)27-17-19-35-20-18-27/h2-4,6-7,9-16,27,30-31,35H,5,8,17-23H2,1H3,(H,36,39)(H,41,42)/t30-,31-/m0/s1. The Morgan fingerprint density at radius 3 is 2.24 bits per heavy atom. The summed E-state index contributed by atoms with van der Waals surface area (Å²) in [6.45, 7) is 4.06. The molecule has 5 rings (SSSR count). The molecule has 2 fully saturated rings. The lowest BCUT2D eigenvalue weighted by atomic mass is 9.95. The van der Waals surface area contributed by atoms with E-state index in [1.54, 1.807) is 29.2 Å². The third-order valence-electron chi connectivity index (χ3n) is 8.57. The molecule has 10 nitrogen and oxygen atoms in total. The van der Waals surface area contributed by atoms with Gasteiger partial charge in [0.2, 0.25) is 21.8 Å². The summed E-state index contributed by atoms with van der Waals surface area (Å²) in [6.07, 6.45) is 2.35. The minimum Gasteiger partial charge on any atom is -0.480 e. The normalized spacial score (nSPS) is 18.3. The van der Waals surface area contributed by atoms with E-state index >= 15 is 0 Å². The molecular weight excluding hydrogens is 592 g/mol. The molecule has 2 heterocycles. The van der Waals surface area contributed by atoms with Gasteiger partial charge < -0.3 is 20.6 Å². The van der Waals surface area contributed by atoms with E-state index in [1.807, 2.05) is 49.4 Å². The zero-order valence-electron chi connectivity index (χ0n) is 25.4. The van der Waals surface area contributed by atoms with Gasteiger partial charge in [0.05, 0.1) is 11.4 Å². The molecule has 11 heteroatoms. The summed E-state index contributed by atoms with van der Waals surface area (Å²) < 4.78 is 27.8. The first kappa shape index (κ1) is 32.3. The molecule has 238 valence electrons. The van der Waals surface area contributed by atoms with Crippen molar-refractivity contribution in [1.82, 2.24) is 14.9 Å². The highest BCUT2D eigenvalue weighted by Gasteiger charge is 2.40. The number of carboxylic acids is 1. The van der Waals surface area contributed by atoms with Crippen LogP contribution in [0.15, 0.2) is 83.8 Å². The molecular formula is C34H40N4O6S. The maximum atomic E-state index is 13.6. The Hall–Kier alpha value is -4.06. The topological polar surface area (TPSA) is 136 Å². The van der Waals surface area contributed by atoms with E-state index in [1.165, 1.54) is 16.4 Å². The fraction of sp³-hybridized carbons (Fsp3) is 0.382. The highest BCUT2D eigenvalue weighted by atomic mass is 32.2. The molecule has 0 radical (unpaired) electrons. The quantitative estimate of drug-likeness (QED) is 0.295. The van der Waals surface area contributed by atoms with Crippen LogP contribution in [0.4, 0.5) is 5.69 Å². The van der Waals surface area contributed by atoms with Gasteiger partial charge in [-0.2, -0.15) is 4.31 Å². The summed E-state index contributed by atoms with van der Waals surface area (Å²) in [6, 6.07) is 21.1. The Balaban J connectivity index is 1.29. The summed E-state index contributed by atoms with van der Waals surface area (Å²) in [7, 11) is -3.93. The number of carbonyl (C=O) groups excluding carboxylic acids is 2. The van der Waals surface area contributed by atoms with Crippen LogP contribution in [-0.4, -0.2) is 67.3 Å². The summed E-state index contributed by atoms with van der Waals surface area (Å²) in [5, 5.41) is 15.9. The number of hydrogen-bond donors (Lipinski definition) is 3. The maximum Gasteiger partial charge on any atom is 0.326 e. The van der Waals surface area contributed by atoms with Gasteiger partial charge in [-0.05, 0) is 81.1 Å². The number of nitrogens with one attached hydrogen (secondary N) is 2. The molecule has 0 bridgehead atoms. The fourth-order valence-electron chi connectivity index (χ4n) is 6.00. The van der Waals surface area contributed by atoms with Crippen molar-refractivity contribution in [3.8, 4) is 0 Å². The maximum absolute atomic E-state index is 13.6. The number of piperidine rings is 1. The summed E-state index contributed by atoms with van der Waals surface area (Å²) >= 11 is 0. The van der Waals surface area contributed by atoms with Crippen LogP contribution >= 0.6 is 0 Å².